The van der Waals surface area contributed by atoms with E-state index < -0.39 is 14.3 Å². The average molecular weight is 644 g/mol. The topological polar surface area (TPSA) is 42.3 Å². The SMILES string of the molecule is CCC(C)[N-]C(C)CC.CCC(C)[N-]C(C)CC.CCC(C)[N-]C(C)CC.[CH3][GeH]([CH3])[c-]1cccc1.[Zr+4]. The van der Waals surface area contributed by atoms with E-state index in [1.807, 2.05) is 0 Å². The first-order valence-electron chi connectivity index (χ1n) is 14.7. The van der Waals surface area contributed by atoms with Crippen molar-refractivity contribution in [2.45, 2.75) is 169 Å². The molecule has 0 aromatic heterocycles. The van der Waals surface area contributed by atoms with Gasteiger partial charge >= 0.3 is 80.7 Å². The van der Waals surface area contributed by atoms with Crippen molar-refractivity contribution in [3.05, 3.63) is 40.2 Å². The molecule has 6 atom stereocenters. The molecule has 212 valence electrons. The van der Waals surface area contributed by atoms with Crippen molar-refractivity contribution < 1.29 is 26.2 Å². The van der Waals surface area contributed by atoms with Crippen LogP contribution in [0.15, 0.2) is 24.3 Å². The van der Waals surface area contributed by atoms with E-state index >= 15 is 0 Å². The summed E-state index contributed by atoms with van der Waals surface area (Å²) in [6.07, 6.45) is 7.03. The third-order valence-electron chi connectivity index (χ3n) is 6.43. The number of nitrogens with zero attached hydrogens (tertiary/aromatic N) is 3. The van der Waals surface area contributed by atoms with Gasteiger partial charge in [-0.2, -0.15) is 0 Å². The summed E-state index contributed by atoms with van der Waals surface area (Å²) in [6, 6.07) is 12.1. The predicted octanol–water partition coefficient (Wildman–Crippen LogP) is 9.97. The van der Waals surface area contributed by atoms with Crippen LogP contribution in [0, 0.1) is 0 Å². The zero-order valence-electron chi connectivity index (χ0n) is 26.9. The molecule has 0 spiro atoms. The molecule has 5 heteroatoms. The van der Waals surface area contributed by atoms with Gasteiger partial charge in [-0.15, -0.1) is 36.3 Å². The van der Waals surface area contributed by atoms with Gasteiger partial charge in [-0.3, -0.25) is 0 Å². The fourth-order valence-corrected chi connectivity index (χ4v) is 4.79. The van der Waals surface area contributed by atoms with Gasteiger partial charge in [0.25, 0.3) is 0 Å². The predicted molar refractivity (Wildman–Crippen MR) is 169 cm³/mol. The largest absolute Gasteiger partial charge is 4.00 e. The third-order valence-corrected chi connectivity index (χ3v) is 10.0. The number of hydrogen-bond acceptors (Lipinski definition) is 0. The van der Waals surface area contributed by atoms with Crippen LogP contribution in [0.2, 0.25) is 11.5 Å². The molecule has 1 aromatic carbocycles. The van der Waals surface area contributed by atoms with Crippen LogP contribution in [0.1, 0.15) is 122 Å². The molecule has 0 saturated carbocycles. The molecule has 0 heterocycles. The number of hydrogen-bond donors (Lipinski definition) is 0. The Labute approximate surface area is 253 Å². The fourth-order valence-electron chi connectivity index (χ4n) is 2.71. The maximum atomic E-state index is 4.51. The quantitative estimate of drug-likeness (QED) is 0.152. The van der Waals surface area contributed by atoms with Gasteiger partial charge in [0.15, 0.2) is 0 Å². The van der Waals surface area contributed by atoms with Crippen LogP contribution < -0.4 is 4.40 Å². The van der Waals surface area contributed by atoms with Crippen LogP contribution in [-0.4, -0.2) is 50.6 Å². The minimum absolute atomic E-state index is 0. The molecular formula is C31H65GeN3Zr. The Bertz CT molecular complexity index is 443. The van der Waals surface area contributed by atoms with Crippen LogP contribution in [0.4, 0.5) is 0 Å². The molecule has 0 fully saturated rings. The first-order valence-corrected chi connectivity index (χ1v) is 20.8. The van der Waals surface area contributed by atoms with Crippen LogP contribution >= 0.6 is 0 Å². The standard InChI is InChI=1S/3C8H18N.C7H11Ge.Zr/c3*1-5-7(3)9-8(4)6-2;1-8(2)7-5-3-4-6-7;/h3*7-8H,5-6H2,1-4H3;3-6,8H,1-2H3;/q4*-1;+4. The van der Waals surface area contributed by atoms with Crippen molar-refractivity contribution in [2.24, 2.45) is 0 Å². The maximum absolute atomic E-state index is 4.51. The molecule has 1 aromatic rings. The van der Waals surface area contributed by atoms with E-state index in [0.29, 0.717) is 36.3 Å². The van der Waals surface area contributed by atoms with E-state index in [-0.39, 0.29) is 26.2 Å². The van der Waals surface area contributed by atoms with E-state index in [1.54, 1.807) is 4.40 Å². The van der Waals surface area contributed by atoms with Crippen molar-refractivity contribution in [1.29, 1.82) is 0 Å². The van der Waals surface area contributed by atoms with Gasteiger partial charge < -0.3 is 16.0 Å². The summed E-state index contributed by atoms with van der Waals surface area (Å²) in [6.45, 7) is 26.1. The Balaban J connectivity index is -0.000000188. The molecule has 0 aliphatic rings. The zero-order chi connectivity index (χ0) is 27.8. The smallest absolute Gasteiger partial charge is 4.00 e. The van der Waals surface area contributed by atoms with Crippen LogP contribution in [-0.2, 0) is 26.2 Å². The van der Waals surface area contributed by atoms with Crippen molar-refractivity contribution in [1.82, 2.24) is 0 Å². The van der Waals surface area contributed by atoms with E-state index in [2.05, 4.69) is 135 Å². The molecule has 0 aliphatic heterocycles. The zero-order valence-corrected chi connectivity index (χ0v) is 31.8. The van der Waals surface area contributed by atoms with Crippen LogP contribution in [0.5, 0.6) is 0 Å². The average Bonchev–Trinajstić information content (AvgIpc) is 3.40. The van der Waals surface area contributed by atoms with E-state index in [4.69, 9.17) is 0 Å². The summed E-state index contributed by atoms with van der Waals surface area (Å²) in [5, 5.41) is 13.5. The summed E-state index contributed by atoms with van der Waals surface area (Å²) in [4.78, 5) is 0. The molecule has 0 saturated heterocycles. The van der Waals surface area contributed by atoms with Gasteiger partial charge in [0.1, 0.15) is 0 Å². The first kappa shape index (κ1) is 43.7. The Morgan fingerprint density at radius 3 is 0.806 bits per heavy atom. The first-order chi connectivity index (χ1) is 16.4. The van der Waals surface area contributed by atoms with Gasteiger partial charge in [-0.05, 0) is 0 Å². The van der Waals surface area contributed by atoms with Crippen molar-refractivity contribution in [3.8, 4) is 0 Å². The second kappa shape index (κ2) is 30.2. The third kappa shape index (κ3) is 30.9. The second-order valence-corrected chi connectivity index (χ2v) is 16.6. The van der Waals surface area contributed by atoms with Gasteiger partial charge in [-0.1, -0.05) is 122 Å². The molecule has 3 nitrogen and oxygen atoms in total. The van der Waals surface area contributed by atoms with Gasteiger partial charge in [0, 0.05) is 0 Å². The minimum Gasteiger partial charge on any atom is 4.00 e. The van der Waals surface area contributed by atoms with E-state index in [9.17, 15) is 0 Å². The van der Waals surface area contributed by atoms with Crippen molar-refractivity contribution >= 4 is 18.7 Å². The molecule has 6 unspecified atom stereocenters. The van der Waals surface area contributed by atoms with E-state index in [0.717, 1.165) is 0 Å². The van der Waals surface area contributed by atoms with Gasteiger partial charge in [-0.25, -0.2) is 0 Å². The Kier molecular flexibility index (Phi) is 36.7. The minimum atomic E-state index is -0.888. The molecule has 0 N–H and O–H groups in total. The maximum Gasteiger partial charge on any atom is 4.00 e. The summed E-state index contributed by atoms with van der Waals surface area (Å²) in [7, 11) is 0. The van der Waals surface area contributed by atoms with Crippen LogP contribution in [0.3, 0.4) is 0 Å². The van der Waals surface area contributed by atoms with Crippen molar-refractivity contribution in [3.63, 3.8) is 0 Å². The summed E-state index contributed by atoms with van der Waals surface area (Å²) < 4.78 is 1.62. The van der Waals surface area contributed by atoms with Gasteiger partial charge in [0.05, 0.1) is 0 Å². The summed E-state index contributed by atoms with van der Waals surface area (Å²) in [5.74, 6) is 4.78. The molecule has 0 aliphatic carbocycles. The Morgan fingerprint density at radius 2 is 0.694 bits per heavy atom. The molecule has 1 rings (SSSR count). The van der Waals surface area contributed by atoms with Crippen molar-refractivity contribution in [2.75, 3.05) is 0 Å². The monoisotopic (exact) mass is 643 g/mol. The molecular weight excluding hydrogens is 578 g/mol. The molecule has 0 radical (unpaired) electrons. The Morgan fingerprint density at radius 1 is 0.500 bits per heavy atom. The van der Waals surface area contributed by atoms with Crippen LogP contribution in [0.25, 0.3) is 16.0 Å². The summed E-state index contributed by atoms with van der Waals surface area (Å²) in [5.41, 5.74) is 0. The Hall–Kier alpha value is 0.656. The van der Waals surface area contributed by atoms with E-state index in [1.165, 1.54) is 38.5 Å². The molecule has 36 heavy (non-hydrogen) atoms. The normalized spacial score (nSPS) is 15.3. The molecule has 0 bridgehead atoms. The number of rotatable bonds is 13. The fraction of sp³-hybridized carbons (Fsp3) is 0.839. The second-order valence-electron chi connectivity index (χ2n) is 10.4. The summed E-state index contributed by atoms with van der Waals surface area (Å²) >= 11 is -0.888. The van der Waals surface area contributed by atoms with Gasteiger partial charge in [0.2, 0.25) is 0 Å². The molecule has 0 amide bonds.